The molecule has 0 heterocycles. The molecule has 0 aliphatic carbocycles. The molecule has 0 radical (unpaired) electrons. The van der Waals surface area contributed by atoms with Crippen molar-refractivity contribution in [3.05, 3.63) is 29.5 Å². The average Bonchev–Trinajstić information content (AvgIpc) is 1.85. The first-order valence-electron chi connectivity index (χ1n) is 4.19. The number of quaternary nitrogens is 1. The van der Waals surface area contributed by atoms with Gasteiger partial charge in [0.1, 0.15) is 0 Å². The predicted molar refractivity (Wildman–Crippen MR) is 52.9 cm³/mol. The largest absolute Gasteiger partial charge is 0.634 e. The molecule has 0 rings (SSSR count). The van der Waals surface area contributed by atoms with E-state index in [0.717, 1.165) is 6.42 Å². The maximum absolute atomic E-state index is 11.2. The molecule has 0 saturated heterocycles. The highest BCUT2D eigenvalue weighted by molar-refractivity contribution is 5.09. The van der Waals surface area contributed by atoms with Crippen molar-refractivity contribution in [1.82, 2.24) is 0 Å². The Morgan fingerprint density at radius 3 is 2.42 bits per heavy atom. The maximum atomic E-state index is 11.2. The van der Waals surface area contributed by atoms with Gasteiger partial charge in [0.05, 0.1) is 12.6 Å². The fraction of sp³-hybridized carbons (Fsp3) is 0.600. The summed E-state index contributed by atoms with van der Waals surface area (Å²) < 4.78 is 0. The quantitative estimate of drug-likeness (QED) is 0.498. The predicted octanol–water partition coefficient (Wildman–Crippen LogP) is 1.30. The van der Waals surface area contributed by atoms with Gasteiger partial charge in [0, 0.05) is 6.42 Å². The summed E-state index contributed by atoms with van der Waals surface area (Å²) in [6.45, 7) is 9.57. The topological polar surface area (TPSA) is 27.5 Å². The zero-order valence-corrected chi connectivity index (χ0v) is 8.48. The van der Waals surface area contributed by atoms with Crippen LogP contribution in [0.15, 0.2) is 24.3 Å². The van der Waals surface area contributed by atoms with Crippen LogP contribution in [0, 0.1) is 5.21 Å². The van der Waals surface area contributed by atoms with E-state index < -0.39 is 0 Å². The molecule has 0 aromatic carbocycles. The molecule has 0 aromatic heterocycles. The lowest BCUT2D eigenvalue weighted by Crippen LogP contribution is -3.12. The minimum atomic E-state index is -0.233. The second-order valence-corrected chi connectivity index (χ2v) is 3.87. The molecule has 0 fully saturated rings. The van der Waals surface area contributed by atoms with Gasteiger partial charge in [-0.25, -0.2) is 0 Å². The first kappa shape index (κ1) is 11.4. The lowest BCUT2D eigenvalue weighted by Gasteiger charge is -2.35. The van der Waals surface area contributed by atoms with E-state index in [2.05, 4.69) is 6.58 Å². The Balaban J connectivity index is 4.24. The van der Waals surface area contributed by atoms with Crippen molar-refractivity contribution in [2.75, 3.05) is 7.05 Å². The van der Waals surface area contributed by atoms with E-state index in [0.29, 0.717) is 0 Å². The Kier molecular flexibility index (Phi) is 4.21. The minimum Gasteiger partial charge on any atom is -0.634 e. The van der Waals surface area contributed by atoms with Gasteiger partial charge in [-0.15, -0.1) is 0 Å². The smallest absolute Gasteiger partial charge is 0.0952 e. The van der Waals surface area contributed by atoms with Crippen LogP contribution >= 0.6 is 0 Å². The maximum Gasteiger partial charge on any atom is 0.0952 e. The van der Waals surface area contributed by atoms with Crippen molar-refractivity contribution in [2.45, 2.75) is 32.7 Å². The normalized spacial score (nSPS) is 15.9. The zero-order valence-electron chi connectivity index (χ0n) is 8.48. The molecule has 1 N–H and O–H groups in total. The zero-order chi connectivity index (χ0) is 9.78. The fourth-order valence-electron chi connectivity index (χ4n) is 1.08. The monoisotopic (exact) mass is 169 g/mol. The Morgan fingerprint density at radius 2 is 2.08 bits per heavy atom. The molecular weight excluding hydrogens is 150 g/mol. The van der Waals surface area contributed by atoms with E-state index in [-0.39, 0.29) is 10.6 Å². The van der Waals surface area contributed by atoms with Crippen molar-refractivity contribution >= 4 is 0 Å². The van der Waals surface area contributed by atoms with Gasteiger partial charge in [-0.3, -0.25) is 0 Å². The summed E-state index contributed by atoms with van der Waals surface area (Å²) in [7, 11) is 1.64. The van der Waals surface area contributed by atoms with Gasteiger partial charge in [-0.2, -0.15) is 0 Å². The third kappa shape index (κ3) is 3.69. The van der Waals surface area contributed by atoms with Crippen molar-refractivity contribution in [2.24, 2.45) is 0 Å². The first-order valence-corrected chi connectivity index (χ1v) is 4.19. The molecule has 0 aliphatic heterocycles. The van der Waals surface area contributed by atoms with Crippen LogP contribution in [0.5, 0.6) is 0 Å². The molecule has 2 heteroatoms. The summed E-state index contributed by atoms with van der Waals surface area (Å²) in [6.07, 6.45) is 4.52. The summed E-state index contributed by atoms with van der Waals surface area (Å²) in [6, 6.07) is 0. The van der Waals surface area contributed by atoms with Gasteiger partial charge >= 0.3 is 0 Å². The van der Waals surface area contributed by atoms with Gasteiger partial charge in [-0.05, 0) is 20.8 Å². The van der Waals surface area contributed by atoms with Crippen molar-refractivity contribution in [3.8, 4) is 0 Å². The fourth-order valence-corrected chi connectivity index (χ4v) is 1.08. The SMILES string of the molecule is C=C/C=C(\C)CC(C)(C)[NH+](C)[O-]. The lowest BCUT2D eigenvalue weighted by molar-refractivity contribution is -0.880. The molecule has 0 spiro atoms. The molecule has 0 aliphatic rings. The Morgan fingerprint density at radius 1 is 1.58 bits per heavy atom. The second kappa shape index (κ2) is 4.43. The third-order valence-corrected chi connectivity index (χ3v) is 2.08. The highest BCUT2D eigenvalue weighted by atomic mass is 16.5. The Hall–Kier alpha value is -0.600. The van der Waals surface area contributed by atoms with Crippen LogP contribution in [0.4, 0.5) is 0 Å². The van der Waals surface area contributed by atoms with Crippen LogP contribution in [0.25, 0.3) is 0 Å². The molecular formula is C10H19NO. The van der Waals surface area contributed by atoms with E-state index in [1.54, 1.807) is 13.1 Å². The Bertz CT molecular complexity index is 180. The van der Waals surface area contributed by atoms with Crippen LogP contribution < -0.4 is 5.06 Å². The molecule has 0 aromatic rings. The highest BCUT2D eigenvalue weighted by Crippen LogP contribution is 2.11. The van der Waals surface area contributed by atoms with E-state index in [9.17, 15) is 5.21 Å². The minimum absolute atomic E-state index is 0.233. The lowest BCUT2D eigenvalue weighted by atomic mass is 9.95. The van der Waals surface area contributed by atoms with E-state index in [1.165, 1.54) is 5.57 Å². The third-order valence-electron chi connectivity index (χ3n) is 2.08. The van der Waals surface area contributed by atoms with Gasteiger partial charge < -0.3 is 10.3 Å². The number of hydrogen-bond donors (Lipinski definition) is 1. The summed E-state index contributed by atoms with van der Waals surface area (Å²) in [5.74, 6) is 0. The van der Waals surface area contributed by atoms with Crippen molar-refractivity contribution < 1.29 is 5.06 Å². The van der Waals surface area contributed by atoms with Gasteiger partial charge in [0.25, 0.3) is 0 Å². The summed E-state index contributed by atoms with van der Waals surface area (Å²) >= 11 is 0. The van der Waals surface area contributed by atoms with Crippen LogP contribution in [-0.2, 0) is 0 Å². The van der Waals surface area contributed by atoms with Crippen LogP contribution in [0.2, 0.25) is 0 Å². The molecule has 0 bridgehead atoms. The molecule has 70 valence electrons. The van der Waals surface area contributed by atoms with Crippen LogP contribution in [0.1, 0.15) is 27.2 Å². The highest BCUT2D eigenvalue weighted by Gasteiger charge is 2.22. The average molecular weight is 169 g/mol. The summed E-state index contributed by atoms with van der Waals surface area (Å²) in [5, 5.41) is 11.4. The molecule has 0 amide bonds. The number of allylic oxidation sites excluding steroid dienone is 2. The standard InChI is InChI=1S/C10H19NO/c1-6-7-9(2)8-10(3,4)11(5)12/h6-7,11H,1,8H2,2-5H3/b9-7+. The van der Waals surface area contributed by atoms with Crippen LogP contribution in [-0.4, -0.2) is 12.6 Å². The number of hydrogen-bond acceptors (Lipinski definition) is 1. The Labute approximate surface area is 75.2 Å². The number of nitrogens with one attached hydrogen (secondary N) is 1. The van der Waals surface area contributed by atoms with E-state index >= 15 is 0 Å². The molecule has 12 heavy (non-hydrogen) atoms. The second-order valence-electron chi connectivity index (χ2n) is 3.87. The molecule has 2 nitrogen and oxygen atoms in total. The van der Waals surface area contributed by atoms with Gasteiger partial charge in [-0.1, -0.05) is 24.3 Å². The van der Waals surface area contributed by atoms with Gasteiger partial charge in [0.15, 0.2) is 0 Å². The summed E-state index contributed by atoms with van der Waals surface area (Å²) in [4.78, 5) is 0. The molecule has 1 atom stereocenters. The van der Waals surface area contributed by atoms with Crippen LogP contribution in [0.3, 0.4) is 0 Å². The number of rotatable bonds is 4. The number of hydroxylamine groups is 2. The molecule has 1 unspecified atom stereocenters. The summed E-state index contributed by atoms with van der Waals surface area (Å²) in [5.41, 5.74) is 0.967. The van der Waals surface area contributed by atoms with E-state index in [4.69, 9.17) is 0 Å². The van der Waals surface area contributed by atoms with E-state index in [1.807, 2.05) is 26.8 Å². The van der Waals surface area contributed by atoms with Crippen molar-refractivity contribution in [1.29, 1.82) is 0 Å². The first-order chi connectivity index (χ1) is 5.40. The van der Waals surface area contributed by atoms with Gasteiger partial charge in [0.2, 0.25) is 0 Å². The molecule has 0 saturated carbocycles. The van der Waals surface area contributed by atoms with Crippen molar-refractivity contribution in [3.63, 3.8) is 0 Å².